The van der Waals surface area contributed by atoms with Gasteiger partial charge in [-0.15, -0.1) is 6.58 Å². The molecule has 1 aliphatic rings. The highest BCUT2D eigenvalue weighted by Gasteiger charge is 2.27. The van der Waals surface area contributed by atoms with Gasteiger partial charge in [-0.05, 0) is 55.5 Å². The van der Waals surface area contributed by atoms with E-state index in [9.17, 15) is 4.79 Å². The Balaban J connectivity index is 1.83. The largest absolute Gasteiger partial charge is 0.493 e. The van der Waals surface area contributed by atoms with E-state index in [0.717, 1.165) is 37.9 Å². The highest BCUT2D eigenvalue weighted by molar-refractivity contribution is 5.77. The number of carbonyl (C=O) groups excluding carboxylic acids is 1. The number of benzene rings is 1. The van der Waals surface area contributed by atoms with Crippen molar-refractivity contribution >= 4 is 5.91 Å². The molecule has 1 aromatic carbocycles. The Hall–Kier alpha value is -2.01. The summed E-state index contributed by atoms with van der Waals surface area (Å²) in [7, 11) is 1.60. The second-order valence-electron chi connectivity index (χ2n) is 6.60. The number of nitrogens with one attached hydrogen (secondary N) is 2. The lowest BCUT2D eigenvalue weighted by molar-refractivity contribution is -0.123. The lowest BCUT2D eigenvalue weighted by Gasteiger charge is -2.34. The minimum absolute atomic E-state index is 0.00844. The van der Waals surface area contributed by atoms with Gasteiger partial charge in [0.1, 0.15) is 0 Å². The van der Waals surface area contributed by atoms with E-state index in [4.69, 9.17) is 9.47 Å². The van der Waals surface area contributed by atoms with Gasteiger partial charge in [0.25, 0.3) is 5.91 Å². The average Bonchev–Trinajstić information content (AvgIpc) is 2.59. The summed E-state index contributed by atoms with van der Waals surface area (Å²) in [6.07, 6.45) is 4.76. The van der Waals surface area contributed by atoms with Crippen molar-refractivity contribution in [3.8, 4) is 11.5 Å². The standard InChI is InChI=1S/C19H28N2O3/c1-4-5-15-6-7-16(17(12-15)23-3)24-13-18(22)21-14-19(2)8-10-20-11-9-19/h4,6-7,12,20H,1,5,8-11,13-14H2,2-3H3,(H,21,22). The minimum Gasteiger partial charge on any atom is -0.493 e. The summed E-state index contributed by atoms with van der Waals surface area (Å²) in [5, 5.41) is 6.33. The number of methoxy groups -OCH3 is 1. The Morgan fingerprint density at radius 1 is 1.38 bits per heavy atom. The van der Waals surface area contributed by atoms with Gasteiger partial charge in [-0.1, -0.05) is 19.1 Å². The van der Waals surface area contributed by atoms with Crippen molar-refractivity contribution in [2.75, 3.05) is 33.4 Å². The van der Waals surface area contributed by atoms with Crippen LogP contribution in [0, 0.1) is 5.41 Å². The van der Waals surface area contributed by atoms with Crippen molar-refractivity contribution in [1.82, 2.24) is 10.6 Å². The van der Waals surface area contributed by atoms with Crippen LogP contribution in [-0.2, 0) is 11.2 Å². The van der Waals surface area contributed by atoms with Gasteiger partial charge in [0.05, 0.1) is 7.11 Å². The van der Waals surface area contributed by atoms with Gasteiger partial charge in [0, 0.05) is 6.54 Å². The van der Waals surface area contributed by atoms with Gasteiger partial charge in [0.15, 0.2) is 18.1 Å². The van der Waals surface area contributed by atoms with Crippen LogP contribution in [0.2, 0.25) is 0 Å². The van der Waals surface area contributed by atoms with Crippen molar-refractivity contribution in [2.45, 2.75) is 26.2 Å². The molecule has 1 aliphatic heterocycles. The molecular formula is C19H28N2O3. The number of hydrogen-bond acceptors (Lipinski definition) is 4. The molecule has 0 saturated carbocycles. The van der Waals surface area contributed by atoms with Crippen LogP contribution in [0.15, 0.2) is 30.9 Å². The van der Waals surface area contributed by atoms with Crippen molar-refractivity contribution in [3.63, 3.8) is 0 Å². The lowest BCUT2D eigenvalue weighted by atomic mass is 9.81. The first-order valence-electron chi connectivity index (χ1n) is 8.44. The Morgan fingerprint density at radius 2 is 2.12 bits per heavy atom. The molecule has 132 valence electrons. The number of carbonyl (C=O) groups is 1. The number of allylic oxidation sites excluding steroid dienone is 1. The number of hydrogen-bond donors (Lipinski definition) is 2. The van der Waals surface area contributed by atoms with Crippen LogP contribution in [-0.4, -0.2) is 39.3 Å². The second kappa shape index (κ2) is 8.73. The van der Waals surface area contributed by atoms with Crippen LogP contribution >= 0.6 is 0 Å². The number of rotatable bonds is 8. The normalized spacial score (nSPS) is 16.2. The van der Waals surface area contributed by atoms with E-state index in [1.807, 2.05) is 24.3 Å². The van der Waals surface area contributed by atoms with E-state index in [2.05, 4.69) is 24.1 Å². The molecule has 0 spiro atoms. The van der Waals surface area contributed by atoms with E-state index >= 15 is 0 Å². The third-order valence-electron chi connectivity index (χ3n) is 4.49. The maximum atomic E-state index is 12.1. The van der Waals surface area contributed by atoms with Crippen molar-refractivity contribution in [1.29, 1.82) is 0 Å². The highest BCUT2D eigenvalue weighted by atomic mass is 16.5. The van der Waals surface area contributed by atoms with E-state index < -0.39 is 0 Å². The zero-order valence-electron chi connectivity index (χ0n) is 14.7. The van der Waals surface area contributed by atoms with Crippen molar-refractivity contribution < 1.29 is 14.3 Å². The monoisotopic (exact) mass is 332 g/mol. The van der Waals surface area contributed by atoms with Crippen LogP contribution in [0.1, 0.15) is 25.3 Å². The molecule has 0 atom stereocenters. The molecule has 0 aromatic heterocycles. The first-order chi connectivity index (χ1) is 11.6. The summed E-state index contributed by atoms with van der Waals surface area (Å²) in [5.41, 5.74) is 1.27. The highest BCUT2D eigenvalue weighted by Crippen LogP contribution is 2.29. The molecular weight excluding hydrogens is 304 g/mol. The van der Waals surface area contributed by atoms with Crippen LogP contribution in [0.25, 0.3) is 0 Å². The first-order valence-corrected chi connectivity index (χ1v) is 8.44. The quantitative estimate of drug-likeness (QED) is 0.717. The predicted molar refractivity (Wildman–Crippen MR) is 95.6 cm³/mol. The number of amides is 1. The van der Waals surface area contributed by atoms with E-state index in [0.29, 0.717) is 18.0 Å². The van der Waals surface area contributed by atoms with Crippen LogP contribution in [0.5, 0.6) is 11.5 Å². The van der Waals surface area contributed by atoms with Gasteiger partial charge in [-0.25, -0.2) is 0 Å². The van der Waals surface area contributed by atoms with Crippen molar-refractivity contribution in [3.05, 3.63) is 36.4 Å². The third kappa shape index (κ3) is 5.27. The Bertz CT molecular complexity index is 566. The van der Waals surface area contributed by atoms with Crippen LogP contribution < -0.4 is 20.1 Å². The number of piperidine rings is 1. The van der Waals surface area contributed by atoms with Gasteiger partial charge in [-0.2, -0.15) is 0 Å². The van der Waals surface area contributed by atoms with E-state index in [1.165, 1.54) is 0 Å². The molecule has 1 amide bonds. The molecule has 1 aromatic rings. The van der Waals surface area contributed by atoms with Gasteiger partial charge in [-0.3, -0.25) is 4.79 Å². The molecule has 1 saturated heterocycles. The Kier molecular flexibility index (Phi) is 6.67. The topological polar surface area (TPSA) is 59.6 Å². The average molecular weight is 332 g/mol. The fourth-order valence-corrected chi connectivity index (χ4v) is 2.84. The zero-order valence-corrected chi connectivity index (χ0v) is 14.7. The summed E-state index contributed by atoms with van der Waals surface area (Å²) in [5.74, 6) is 1.10. The fraction of sp³-hybridized carbons (Fsp3) is 0.526. The zero-order chi connectivity index (χ0) is 17.4. The number of ether oxygens (including phenoxy) is 2. The summed E-state index contributed by atoms with van der Waals surface area (Å²) < 4.78 is 11.0. The molecule has 0 bridgehead atoms. The maximum Gasteiger partial charge on any atom is 0.257 e. The lowest BCUT2D eigenvalue weighted by Crippen LogP contribution is -2.43. The molecule has 24 heavy (non-hydrogen) atoms. The van der Waals surface area contributed by atoms with Gasteiger partial charge in [0.2, 0.25) is 0 Å². The molecule has 0 unspecified atom stereocenters. The Morgan fingerprint density at radius 3 is 2.79 bits per heavy atom. The van der Waals surface area contributed by atoms with E-state index in [1.54, 1.807) is 7.11 Å². The molecule has 2 rings (SSSR count). The minimum atomic E-state index is -0.105. The molecule has 5 heteroatoms. The fourth-order valence-electron chi connectivity index (χ4n) is 2.84. The van der Waals surface area contributed by atoms with Gasteiger partial charge < -0.3 is 20.1 Å². The molecule has 1 heterocycles. The maximum absolute atomic E-state index is 12.1. The molecule has 2 N–H and O–H groups in total. The summed E-state index contributed by atoms with van der Waals surface area (Å²) in [4.78, 5) is 12.1. The third-order valence-corrected chi connectivity index (χ3v) is 4.49. The molecule has 1 fully saturated rings. The van der Waals surface area contributed by atoms with Crippen molar-refractivity contribution in [2.24, 2.45) is 5.41 Å². The summed E-state index contributed by atoms with van der Waals surface area (Å²) >= 11 is 0. The SMILES string of the molecule is C=CCc1ccc(OCC(=O)NCC2(C)CCNCC2)c(OC)c1. The van der Waals surface area contributed by atoms with Crippen LogP contribution in [0.4, 0.5) is 0 Å². The predicted octanol–water partition coefficient (Wildman–Crippen LogP) is 2.31. The van der Waals surface area contributed by atoms with Gasteiger partial charge >= 0.3 is 0 Å². The molecule has 5 nitrogen and oxygen atoms in total. The Labute approximate surface area is 144 Å². The molecule has 0 aliphatic carbocycles. The second-order valence-corrected chi connectivity index (χ2v) is 6.60. The smallest absolute Gasteiger partial charge is 0.257 e. The molecule has 0 radical (unpaired) electrons. The summed E-state index contributed by atoms with van der Waals surface area (Å²) in [6, 6.07) is 5.69. The first kappa shape index (κ1) is 18.3. The van der Waals surface area contributed by atoms with E-state index in [-0.39, 0.29) is 17.9 Å². The summed E-state index contributed by atoms with van der Waals surface area (Å²) in [6.45, 7) is 8.65. The van der Waals surface area contributed by atoms with Crippen LogP contribution in [0.3, 0.4) is 0 Å².